The highest BCUT2D eigenvalue weighted by Crippen LogP contribution is 2.33. The number of sulfonamides is 1. The first-order valence-electron chi connectivity index (χ1n) is 6.21. The van der Waals surface area contributed by atoms with Gasteiger partial charge in [-0.05, 0) is 24.8 Å². The third-order valence-corrected chi connectivity index (χ3v) is 4.30. The first kappa shape index (κ1) is 17.5. The molecule has 0 aliphatic rings. The monoisotopic (exact) mass is 332 g/mol. The fourth-order valence-electron chi connectivity index (χ4n) is 1.76. The predicted octanol–water partition coefficient (Wildman–Crippen LogP) is 2.44. The highest BCUT2D eigenvalue weighted by Gasteiger charge is 2.22. The number of hydrogen-bond acceptors (Lipinski definition) is 4. The molecule has 0 amide bonds. The van der Waals surface area contributed by atoms with Gasteiger partial charge in [-0.1, -0.05) is 31.5 Å². The van der Waals surface area contributed by atoms with E-state index in [0.29, 0.717) is 6.54 Å². The van der Waals surface area contributed by atoms with E-state index in [1.165, 1.54) is 12.3 Å². The molecule has 0 aromatic heterocycles. The third-order valence-electron chi connectivity index (χ3n) is 2.86. The first-order chi connectivity index (χ1) is 9.72. The van der Waals surface area contributed by atoms with E-state index in [4.69, 9.17) is 21.8 Å². The topological polar surface area (TPSA) is 101 Å². The first-order valence-corrected chi connectivity index (χ1v) is 8.13. The van der Waals surface area contributed by atoms with Crippen molar-refractivity contribution in [1.29, 1.82) is 0 Å². The number of nitrogens with zero attached hydrogens (tertiary/aromatic N) is 1. The Bertz CT molecular complexity index is 658. The fraction of sp³-hybridized carbons (Fsp3) is 0.308. The summed E-state index contributed by atoms with van der Waals surface area (Å²) in [4.78, 5) is 12.3. The number of carboxylic acid groups (broad SMARTS) is 1. The Hall–Kier alpha value is -1.57. The molecule has 1 rings (SSSR count). The van der Waals surface area contributed by atoms with Crippen LogP contribution < -0.4 is 10.0 Å². The molecule has 0 unspecified atom stereocenters. The van der Waals surface area contributed by atoms with Crippen LogP contribution in [0.15, 0.2) is 29.8 Å². The number of rotatable bonds is 7. The van der Waals surface area contributed by atoms with Crippen molar-refractivity contribution in [2.24, 2.45) is 5.14 Å². The van der Waals surface area contributed by atoms with E-state index < -0.39 is 20.9 Å². The van der Waals surface area contributed by atoms with Gasteiger partial charge in [0, 0.05) is 6.54 Å². The summed E-state index contributed by atoms with van der Waals surface area (Å²) in [6.07, 6.45) is 3.18. The minimum atomic E-state index is -4.13. The van der Waals surface area contributed by atoms with Gasteiger partial charge in [0.2, 0.25) is 10.0 Å². The SMILES string of the molecule is C=CN(CCCC)c1cc(C(=O)O)cc(S(N)(=O)=O)c1Cl. The normalized spacial score (nSPS) is 11.2. The zero-order chi connectivity index (χ0) is 16.2. The lowest BCUT2D eigenvalue weighted by molar-refractivity contribution is 0.0696. The Morgan fingerprint density at radius 3 is 2.57 bits per heavy atom. The Labute approximate surface area is 128 Å². The van der Waals surface area contributed by atoms with Crippen molar-refractivity contribution in [2.75, 3.05) is 11.4 Å². The lowest BCUT2D eigenvalue weighted by atomic mass is 10.1. The molecule has 0 spiro atoms. The zero-order valence-electron chi connectivity index (χ0n) is 11.5. The molecule has 0 radical (unpaired) electrons. The second kappa shape index (κ2) is 6.93. The second-order valence-corrected chi connectivity index (χ2v) is 6.29. The maximum absolute atomic E-state index is 11.6. The van der Waals surface area contributed by atoms with E-state index in [-0.39, 0.29) is 16.3 Å². The van der Waals surface area contributed by atoms with E-state index in [9.17, 15) is 13.2 Å². The van der Waals surface area contributed by atoms with Crippen molar-refractivity contribution < 1.29 is 18.3 Å². The van der Waals surface area contributed by atoms with Crippen LogP contribution in [0.4, 0.5) is 5.69 Å². The molecule has 8 heteroatoms. The highest BCUT2D eigenvalue weighted by atomic mass is 35.5. The van der Waals surface area contributed by atoms with Gasteiger partial charge < -0.3 is 10.0 Å². The number of aromatic carboxylic acids is 1. The smallest absolute Gasteiger partial charge is 0.335 e. The predicted molar refractivity (Wildman–Crippen MR) is 82.2 cm³/mol. The van der Waals surface area contributed by atoms with Crippen molar-refractivity contribution >= 4 is 33.3 Å². The van der Waals surface area contributed by atoms with Crippen LogP contribution in [0.3, 0.4) is 0 Å². The molecular formula is C13H17ClN2O4S. The number of halogens is 1. The van der Waals surface area contributed by atoms with Crippen molar-refractivity contribution in [2.45, 2.75) is 24.7 Å². The number of benzene rings is 1. The maximum atomic E-state index is 11.6. The van der Waals surface area contributed by atoms with E-state index in [0.717, 1.165) is 18.9 Å². The molecular weight excluding hydrogens is 316 g/mol. The number of unbranched alkanes of at least 4 members (excludes halogenated alkanes) is 1. The van der Waals surface area contributed by atoms with Crippen LogP contribution in [0.25, 0.3) is 0 Å². The van der Waals surface area contributed by atoms with Gasteiger partial charge in [0.15, 0.2) is 0 Å². The summed E-state index contributed by atoms with van der Waals surface area (Å²) in [7, 11) is -4.13. The van der Waals surface area contributed by atoms with Crippen LogP contribution >= 0.6 is 11.6 Å². The molecule has 0 bridgehead atoms. The number of anilines is 1. The summed E-state index contributed by atoms with van der Waals surface area (Å²) in [5.41, 5.74) is 0.0471. The molecule has 0 aliphatic carbocycles. The van der Waals surface area contributed by atoms with Gasteiger partial charge in [-0.25, -0.2) is 18.4 Å². The standard InChI is InChI=1S/C13H17ClN2O4S/c1-3-5-6-16(4-2)10-7-9(13(17)18)8-11(12(10)14)21(15,19)20/h4,7-8H,2-3,5-6H2,1H3,(H,17,18)(H2,15,19,20). The Kier molecular flexibility index (Phi) is 5.77. The van der Waals surface area contributed by atoms with Crippen LogP contribution in [-0.4, -0.2) is 26.0 Å². The van der Waals surface area contributed by atoms with E-state index in [1.807, 2.05) is 6.92 Å². The van der Waals surface area contributed by atoms with Gasteiger partial charge in [-0.3, -0.25) is 0 Å². The molecule has 1 aromatic rings. The summed E-state index contributed by atoms with van der Waals surface area (Å²) >= 11 is 6.08. The van der Waals surface area contributed by atoms with Gasteiger partial charge in [-0.15, -0.1) is 0 Å². The number of carbonyl (C=O) groups is 1. The Balaban J connectivity index is 3.53. The van der Waals surface area contributed by atoms with Crippen LogP contribution in [0, 0.1) is 0 Å². The Morgan fingerprint density at radius 2 is 2.14 bits per heavy atom. The lowest BCUT2D eigenvalue weighted by Crippen LogP contribution is -2.20. The van der Waals surface area contributed by atoms with Crippen molar-refractivity contribution in [1.82, 2.24) is 0 Å². The van der Waals surface area contributed by atoms with Crippen LogP contribution in [-0.2, 0) is 10.0 Å². The van der Waals surface area contributed by atoms with Crippen LogP contribution in [0.1, 0.15) is 30.1 Å². The minimum absolute atomic E-state index is 0.112. The number of carboxylic acids is 1. The summed E-state index contributed by atoms with van der Waals surface area (Å²) in [6.45, 7) is 6.16. The molecule has 0 atom stereocenters. The molecule has 3 N–H and O–H groups in total. The molecule has 21 heavy (non-hydrogen) atoms. The molecule has 6 nitrogen and oxygen atoms in total. The van der Waals surface area contributed by atoms with Gasteiger partial charge in [0.1, 0.15) is 4.90 Å². The molecule has 0 aliphatic heterocycles. The molecule has 0 saturated carbocycles. The number of nitrogens with two attached hydrogens (primary N) is 1. The molecule has 1 aromatic carbocycles. The van der Waals surface area contributed by atoms with E-state index in [1.54, 1.807) is 4.90 Å². The summed E-state index contributed by atoms with van der Waals surface area (Å²) in [5, 5.41) is 14.1. The average molecular weight is 333 g/mol. The lowest BCUT2D eigenvalue weighted by Gasteiger charge is -2.22. The molecule has 0 heterocycles. The van der Waals surface area contributed by atoms with Crippen molar-refractivity contribution in [3.63, 3.8) is 0 Å². The quantitative estimate of drug-likeness (QED) is 0.798. The van der Waals surface area contributed by atoms with Gasteiger partial charge in [-0.2, -0.15) is 0 Å². The summed E-state index contributed by atoms with van der Waals surface area (Å²) in [5.74, 6) is -1.27. The zero-order valence-corrected chi connectivity index (χ0v) is 13.1. The highest BCUT2D eigenvalue weighted by molar-refractivity contribution is 7.89. The molecule has 0 saturated heterocycles. The summed E-state index contributed by atoms with van der Waals surface area (Å²) in [6, 6.07) is 2.25. The largest absolute Gasteiger partial charge is 0.478 e. The number of hydrogen-bond donors (Lipinski definition) is 2. The van der Waals surface area contributed by atoms with Crippen molar-refractivity contribution in [3.05, 3.63) is 35.5 Å². The minimum Gasteiger partial charge on any atom is -0.478 e. The van der Waals surface area contributed by atoms with E-state index >= 15 is 0 Å². The van der Waals surface area contributed by atoms with Crippen molar-refractivity contribution in [3.8, 4) is 0 Å². The molecule has 0 fully saturated rings. The van der Waals surface area contributed by atoms with Crippen LogP contribution in [0.2, 0.25) is 5.02 Å². The van der Waals surface area contributed by atoms with Gasteiger partial charge in [0.05, 0.1) is 16.3 Å². The van der Waals surface area contributed by atoms with Crippen LogP contribution in [0.5, 0.6) is 0 Å². The van der Waals surface area contributed by atoms with Gasteiger partial charge in [0.25, 0.3) is 0 Å². The van der Waals surface area contributed by atoms with E-state index in [2.05, 4.69) is 6.58 Å². The van der Waals surface area contributed by atoms with Gasteiger partial charge >= 0.3 is 5.97 Å². The second-order valence-electron chi connectivity index (χ2n) is 4.39. The number of primary sulfonamides is 1. The third kappa shape index (κ3) is 4.20. The molecule has 116 valence electrons. The average Bonchev–Trinajstić information content (AvgIpc) is 2.39. The fourth-order valence-corrected chi connectivity index (χ4v) is 2.95. The summed E-state index contributed by atoms with van der Waals surface area (Å²) < 4.78 is 23.1. The Morgan fingerprint density at radius 1 is 1.52 bits per heavy atom. The maximum Gasteiger partial charge on any atom is 0.335 e.